The zero-order chi connectivity index (χ0) is 10.7. The van der Waals surface area contributed by atoms with Crippen molar-refractivity contribution in [3.8, 4) is 5.75 Å². The molecule has 0 saturated carbocycles. The quantitative estimate of drug-likeness (QED) is 0.550. The van der Waals surface area contributed by atoms with Crippen LogP contribution in [0, 0.1) is 5.92 Å². The van der Waals surface area contributed by atoms with Crippen LogP contribution in [0.2, 0.25) is 0 Å². The minimum atomic E-state index is -0.490. The predicted octanol–water partition coefficient (Wildman–Crippen LogP) is 1.16. The Morgan fingerprint density at radius 2 is 2.00 bits per heavy atom. The Labute approximate surface area is 86.8 Å². The fraction of sp³-hybridized carbons (Fsp3) is 0.273. The van der Waals surface area contributed by atoms with Crippen molar-refractivity contribution in [1.29, 1.82) is 0 Å². The number of esters is 2. The number of hydrogen-bond acceptors (Lipinski definition) is 4. The number of cyclic esters (lactones) is 2. The Bertz CT molecular complexity index is 371. The molecule has 0 aliphatic carbocycles. The second-order valence-corrected chi connectivity index (χ2v) is 3.32. The van der Waals surface area contributed by atoms with E-state index in [4.69, 9.17) is 4.74 Å². The molecule has 0 aromatic heterocycles. The highest BCUT2D eigenvalue weighted by molar-refractivity contribution is 5.94. The van der Waals surface area contributed by atoms with Gasteiger partial charge in [0, 0.05) is 0 Å². The van der Waals surface area contributed by atoms with Gasteiger partial charge in [-0.05, 0) is 12.1 Å². The molecule has 1 heterocycles. The maximum atomic E-state index is 11.1. The summed E-state index contributed by atoms with van der Waals surface area (Å²) in [4.78, 5) is 21.9. The molecule has 4 heteroatoms. The molecule has 1 unspecified atom stereocenters. The zero-order valence-corrected chi connectivity index (χ0v) is 8.01. The molecular weight excluding hydrogens is 196 g/mol. The van der Waals surface area contributed by atoms with E-state index in [0.717, 1.165) is 0 Å². The van der Waals surface area contributed by atoms with E-state index in [1.54, 1.807) is 12.1 Å². The summed E-state index contributed by atoms with van der Waals surface area (Å²) in [5, 5.41) is 0. The molecule has 1 aromatic rings. The first-order valence-electron chi connectivity index (χ1n) is 4.68. The summed E-state index contributed by atoms with van der Waals surface area (Å²) < 4.78 is 9.76. The lowest BCUT2D eigenvalue weighted by molar-refractivity contribution is -0.153. The molecule has 15 heavy (non-hydrogen) atoms. The Hall–Kier alpha value is -1.84. The largest absolute Gasteiger partial charge is 0.493 e. The van der Waals surface area contributed by atoms with Crippen LogP contribution in [0.15, 0.2) is 30.3 Å². The average Bonchev–Trinajstić information content (AvgIpc) is 2.56. The van der Waals surface area contributed by atoms with Gasteiger partial charge in [-0.25, -0.2) is 0 Å². The van der Waals surface area contributed by atoms with E-state index in [1.807, 2.05) is 18.2 Å². The maximum absolute atomic E-state index is 11.1. The third kappa shape index (κ3) is 2.34. The van der Waals surface area contributed by atoms with Gasteiger partial charge in [0.15, 0.2) is 0 Å². The van der Waals surface area contributed by atoms with E-state index in [-0.39, 0.29) is 13.0 Å². The van der Waals surface area contributed by atoms with Crippen molar-refractivity contribution in [3.05, 3.63) is 30.3 Å². The molecule has 1 aliphatic heterocycles. The fourth-order valence-electron chi connectivity index (χ4n) is 1.36. The van der Waals surface area contributed by atoms with E-state index >= 15 is 0 Å². The first-order valence-corrected chi connectivity index (χ1v) is 4.68. The summed E-state index contributed by atoms with van der Waals surface area (Å²) >= 11 is 0. The molecule has 0 bridgehead atoms. The van der Waals surface area contributed by atoms with Crippen LogP contribution in [0.1, 0.15) is 6.42 Å². The van der Waals surface area contributed by atoms with Crippen LogP contribution in [0.25, 0.3) is 0 Å². The highest BCUT2D eigenvalue weighted by Gasteiger charge is 2.33. The topological polar surface area (TPSA) is 52.6 Å². The van der Waals surface area contributed by atoms with Crippen molar-refractivity contribution in [2.45, 2.75) is 6.42 Å². The van der Waals surface area contributed by atoms with Crippen molar-refractivity contribution in [3.63, 3.8) is 0 Å². The fourth-order valence-corrected chi connectivity index (χ4v) is 1.36. The minimum Gasteiger partial charge on any atom is -0.493 e. The summed E-state index contributed by atoms with van der Waals surface area (Å²) in [6.45, 7) is 0.189. The smallest absolute Gasteiger partial charge is 0.320 e. The number of ether oxygens (including phenoxy) is 2. The van der Waals surface area contributed by atoms with Gasteiger partial charge in [-0.3, -0.25) is 9.59 Å². The van der Waals surface area contributed by atoms with Crippen molar-refractivity contribution < 1.29 is 19.1 Å². The van der Waals surface area contributed by atoms with Crippen LogP contribution in [-0.4, -0.2) is 18.5 Å². The minimum absolute atomic E-state index is 0.117. The van der Waals surface area contributed by atoms with E-state index < -0.39 is 17.9 Å². The molecule has 0 radical (unpaired) electrons. The third-order valence-corrected chi connectivity index (χ3v) is 2.16. The number of rotatable bonds is 3. The normalized spacial score (nSPS) is 20.1. The summed E-state index contributed by atoms with van der Waals surface area (Å²) in [5.41, 5.74) is 0. The highest BCUT2D eigenvalue weighted by Crippen LogP contribution is 2.18. The van der Waals surface area contributed by atoms with Crippen LogP contribution >= 0.6 is 0 Å². The van der Waals surface area contributed by atoms with Crippen molar-refractivity contribution >= 4 is 11.9 Å². The Morgan fingerprint density at radius 1 is 1.27 bits per heavy atom. The molecule has 1 aromatic carbocycles. The van der Waals surface area contributed by atoms with Gasteiger partial charge >= 0.3 is 11.9 Å². The first kappa shape index (κ1) is 9.71. The lowest BCUT2D eigenvalue weighted by Gasteiger charge is -2.07. The number of hydrogen-bond donors (Lipinski definition) is 0. The highest BCUT2D eigenvalue weighted by atomic mass is 16.6. The monoisotopic (exact) mass is 206 g/mol. The predicted molar refractivity (Wildman–Crippen MR) is 51.1 cm³/mol. The molecule has 2 rings (SSSR count). The molecule has 1 atom stereocenters. The average molecular weight is 206 g/mol. The third-order valence-electron chi connectivity index (χ3n) is 2.16. The molecule has 1 fully saturated rings. The van der Waals surface area contributed by atoms with Crippen LogP contribution in [0.3, 0.4) is 0 Å². The van der Waals surface area contributed by atoms with Gasteiger partial charge in [-0.2, -0.15) is 0 Å². The van der Waals surface area contributed by atoms with E-state index in [2.05, 4.69) is 4.74 Å². The van der Waals surface area contributed by atoms with E-state index in [9.17, 15) is 9.59 Å². The molecule has 0 spiro atoms. The molecule has 0 amide bonds. The van der Waals surface area contributed by atoms with Crippen LogP contribution in [0.5, 0.6) is 5.75 Å². The van der Waals surface area contributed by atoms with Crippen molar-refractivity contribution in [2.24, 2.45) is 5.92 Å². The molecule has 1 aliphatic rings. The van der Waals surface area contributed by atoms with Gasteiger partial charge in [0.05, 0.1) is 6.42 Å². The molecule has 4 nitrogen and oxygen atoms in total. The number of para-hydroxylation sites is 1. The Morgan fingerprint density at radius 3 is 2.60 bits per heavy atom. The summed E-state index contributed by atoms with van der Waals surface area (Å²) in [6, 6.07) is 9.14. The molecule has 0 N–H and O–H groups in total. The maximum Gasteiger partial charge on any atom is 0.320 e. The SMILES string of the molecule is O=C1CC(COc2ccccc2)C(=O)O1. The van der Waals surface area contributed by atoms with Crippen molar-refractivity contribution in [2.75, 3.05) is 6.61 Å². The number of carbonyl (C=O) groups excluding carboxylic acids is 2. The summed E-state index contributed by atoms with van der Waals surface area (Å²) in [5.74, 6) is -0.736. The lowest BCUT2D eigenvalue weighted by atomic mass is 10.1. The molecular formula is C11H10O4. The number of carbonyl (C=O) groups is 2. The van der Waals surface area contributed by atoms with E-state index in [0.29, 0.717) is 5.75 Å². The van der Waals surface area contributed by atoms with Crippen LogP contribution in [0.4, 0.5) is 0 Å². The number of benzene rings is 1. The second-order valence-electron chi connectivity index (χ2n) is 3.32. The van der Waals surface area contributed by atoms with Gasteiger partial charge in [0.2, 0.25) is 0 Å². The van der Waals surface area contributed by atoms with Crippen LogP contribution in [-0.2, 0) is 14.3 Å². The lowest BCUT2D eigenvalue weighted by Crippen LogP contribution is -2.16. The van der Waals surface area contributed by atoms with Crippen LogP contribution < -0.4 is 4.74 Å². The van der Waals surface area contributed by atoms with Gasteiger partial charge in [0.25, 0.3) is 0 Å². The summed E-state index contributed by atoms with van der Waals surface area (Å²) in [6.07, 6.45) is 0.117. The summed E-state index contributed by atoms with van der Waals surface area (Å²) in [7, 11) is 0. The molecule has 78 valence electrons. The zero-order valence-electron chi connectivity index (χ0n) is 8.01. The Balaban J connectivity index is 1.89. The van der Waals surface area contributed by atoms with Gasteiger partial charge in [-0.15, -0.1) is 0 Å². The Kier molecular flexibility index (Phi) is 2.67. The van der Waals surface area contributed by atoms with Gasteiger partial charge < -0.3 is 9.47 Å². The first-order chi connectivity index (χ1) is 7.25. The van der Waals surface area contributed by atoms with Gasteiger partial charge in [0.1, 0.15) is 18.3 Å². The standard InChI is InChI=1S/C11H10O4/c12-10-6-8(11(13)15-10)7-14-9-4-2-1-3-5-9/h1-5,8H,6-7H2. The van der Waals surface area contributed by atoms with E-state index in [1.165, 1.54) is 0 Å². The van der Waals surface area contributed by atoms with Crippen molar-refractivity contribution in [1.82, 2.24) is 0 Å². The van der Waals surface area contributed by atoms with Gasteiger partial charge in [-0.1, -0.05) is 18.2 Å². The molecule has 1 saturated heterocycles. The second kappa shape index (κ2) is 4.13.